The van der Waals surface area contributed by atoms with Crippen molar-refractivity contribution in [2.24, 2.45) is 0 Å². The second-order valence-electron chi connectivity index (χ2n) is 6.33. The Bertz CT molecular complexity index is 919. The number of hydrogen-bond acceptors (Lipinski definition) is 3. The van der Waals surface area contributed by atoms with E-state index in [0.717, 1.165) is 28.0 Å². The molecule has 2 aromatic carbocycles. The average Bonchev–Trinajstić information content (AvgIpc) is 3.35. The van der Waals surface area contributed by atoms with Crippen LogP contribution < -0.4 is 0 Å². The molecule has 1 aromatic heterocycles. The molecule has 1 aliphatic rings. The number of aryl methyl sites for hydroxylation is 1. The highest BCUT2D eigenvalue weighted by Gasteiger charge is 2.31. The van der Waals surface area contributed by atoms with Crippen LogP contribution in [0.2, 0.25) is 10.0 Å². The van der Waals surface area contributed by atoms with Gasteiger partial charge in [0, 0.05) is 17.4 Å². The fourth-order valence-electron chi connectivity index (χ4n) is 2.77. The van der Waals surface area contributed by atoms with E-state index in [1.807, 2.05) is 18.2 Å². The quantitative estimate of drug-likeness (QED) is 0.497. The number of rotatable bonds is 5. The Kier molecular flexibility index (Phi) is 4.76. The molecule has 25 heavy (non-hydrogen) atoms. The minimum absolute atomic E-state index is 0.535. The van der Waals surface area contributed by atoms with Gasteiger partial charge >= 0.3 is 0 Å². The van der Waals surface area contributed by atoms with Crippen molar-refractivity contribution in [1.29, 1.82) is 0 Å². The van der Waals surface area contributed by atoms with Crippen LogP contribution in [0.15, 0.2) is 47.6 Å². The number of halogens is 2. The summed E-state index contributed by atoms with van der Waals surface area (Å²) in [7, 11) is 0. The zero-order valence-electron chi connectivity index (χ0n) is 13.7. The topological polar surface area (TPSA) is 30.7 Å². The minimum atomic E-state index is 0.535. The van der Waals surface area contributed by atoms with E-state index in [4.69, 9.17) is 23.2 Å². The first kappa shape index (κ1) is 17.0. The van der Waals surface area contributed by atoms with E-state index in [9.17, 15) is 0 Å². The van der Waals surface area contributed by atoms with Crippen LogP contribution in [0.3, 0.4) is 0 Å². The first-order valence-corrected chi connectivity index (χ1v) is 9.95. The van der Waals surface area contributed by atoms with Gasteiger partial charge in [0.1, 0.15) is 5.82 Å². The molecule has 1 saturated carbocycles. The maximum Gasteiger partial charge on any atom is 0.196 e. The van der Waals surface area contributed by atoms with Crippen LogP contribution in [0.25, 0.3) is 5.69 Å². The van der Waals surface area contributed by atoms with Gasteiger partial charge in [-0.2, -0.15) is 0 Å². The lowest BCUT2D eigenvalue weighted by atomic mass is 10.2. The van der Waals surface area contributed by atoms with Gasteiger partial charge in [0.2, 0.25) is 0 Å². The smallest absolute Gasteiger partial charge is 0.196 e. The molecular formula is C19H17Cl2N3S. The molecule has 6 heteroatoms. The molecule has 0 N–H and O–H groups in total. The number of aromatic nitrogens is 3. The van der Waals surface area contributed by atoms with Crippen LogP contribution in [-0.2, 0) is 5.75 Å². The number of nitrogens with zero attached hydrogens (tertiary/aromatic N) is 3. The third-order valence-electron chi connectivity index (χ3n) is 4.21. The summed E-state index contributed by atoms with van der Waals surface area (Å²) in [5, 5.41) is 11.0. The van der Waals surface area contributed by atoms with E-state index in [0.29, 0.717) is 16.0 Å². The van der Waals surface area contributed by atoms with Crippen LogP contribution in [0, 0.1) is 6.92 Å². The highest BCUT2D eigenvalue weighted by atomic mass is 35.5. The van der Waals surface area contributed by atoms with E-state index in [2.05, 4.69) is 46.0 Å². The Hall–Kier alpha value is -1.49. The van der Waals surface area contributed by atoms with Gasteiger partial charge in [-0.3, -0.25) is 4.57 Å². The molecule has 0 amide bonds. The zero-order chi connectivity index (χ0) is 17.4. The SMILES string of the molecule is Cc1cccc(-n2c(SCc3ccc(Cl)c(Cl)c3)nnc2C2CC2)c1. The first-order valence-electron chi connectivity index (χ1n) is 8.21. The lowest BCUT2D eigenvalue weighted by molar-refractivity contribution is 0.828. The molecule has 1 heterocycles. The lowest BCUT2D eigenvalue weighted by Crippen LogP contribution is -2.02. The van der Waals surface area contributed by atoms with E-state index >= 15 is 0 Å². The summed E-state index contributed by atoms with van der Waals surface area (Å²) in [6.07, 6.45) is 2.39. The number of benzene rings is 2. The molecule has 0 spiro atoms. The van der Waals surface area contributed by atoms with Crippen molar-refractivity contribution in [2.45, 2.75) is 36.6 Å². The number of thioether (sulfide) groups is 1. The van der Waals surface area contributed by atoms with Gasteiger partial charge in [-0.25, -0.2) is 0 Å². The largest absolute Gasteiger partial charge is 0.274 e. The summed E-state index contributed by atoms with van der Waals surface area (Å²) in [6, 6.07) is 14.2. The molecule has 1 fully saturated rings. The number of hydrogen-bond donors (Lipinski definition) is 0. The summed E-state index contributed by atoms with van der Waals surface area (Å²) in [5.41, 5.74) is 3.48. The predicted molar refractivity (Wildman–Crippen MR) is 104 cm³/mol. The molecule has 1 aliphatic carbocycles. The fraction of sp³-hybridized carbons (Fsp3) is 0.263. The van der Waals surface area contributed by atoms with E-state index in [-0.39, 0.29) is 0 Å². The van der Waals surface area contributed by atoms with Gasteiger partial charge in [0.05, 0.1) is 10.0 Å². The third kappa shape index (κ3) is 3.71. The van der Waals surface area contributed by atoms with Crippen molar-refractivity contribution in [1.82, 2.24) is 14.8 Å². The Morgan fingerprint density at radius 2 is 1.92 bits per heavy atom. The fourth-order valence-corrected chi connectivity index (χ4v) is 3.99. The Balaban J connectivity index is 1.64. The molecule has 3 nitrogen and oxygen atoms in total. The van der Waals surface area contributed by atoms with Crippen molar-refractivity contribution in [2.75, 3.05) is 0 Å². The standard InChI is InChI=1S/C19H17Cl2N3S/c1-12-3-2-4-15(9-12)24-18(14-6-7-14)22-23-19(24)25-11-13-5-8-16(20)17(21)10-13/h2-5,8-10,14H,6-7,11H2,1H3. The molecule has 0 radical (unpaired) electrons. The maximum atomic E-state index is 6.12. The van der Waals surface area contributed by atoms with Gasteiger partial charge < -0.3 is 0 Å². The van der Waals surface area contributed by atoms with Crippen molar-refractivity contribution < 1.29 is 0 Å². The Morgan fingerprint density at radius 3 is 2.64 bits per heavy atom. The van der Waals surface area contributed by atoms with Gasteiger partial charge in [-0.1, -0.05) is 53.2 Å². The molecule has 0 aliphatic heterocycles. The van der Waals surface area contributed by atoms with Gasteiger partial charge in [-0.05, 0) is 55.2 Å². The monoisotopic (exact) mass is 389 g/mol. The van der Waals surface area contributed by atoms with E-state index < -0.39 is 0 Å². The summed E-state index contributed by atoms with van der Waals surface area (Å²) in [6.45, 7) is 2.10. The van der Waals surface area contributed by atoms with Crippen molar-refractivity contribution in [3.05, 3.63) is 69.5 Å². The summed E-state index contributed by atoms with van der Waals surface area (Å²) < 4.78 is 2.20. The van der Waals surface area contributed by atoms with Crippen LogP contribution in [0.5, 0.6) is 0 Å². The normalized spacial score (nSPS) is 14.0. The predicted octanol–water partition coefficient (Wildman–Crippen LogP) is 6.05. The Labute approximate surface area is 161 Å². The highest BCUT2D eigenvalue weighted by Crippen LogP contribution is 2.41. The zero-order valence-corrected chi connectivity index (χ0v) is 16.1. The van der Waals surface area contributed by atoms with Crippen LogP contribution >= 0.6 is 35.0 Å². The summed E-state index contributed by atoms with van der Waals surface area (Å²) >= 11 is 13.8. The first-order chi connectivity index (χ1) is 12.1. The molecule has 128 valence electrons. The molecule has 3 aromatic rings. The van der Waals surface area contributed by atoms with E-state index in [1.54, 1.807) is 11.8 Å². The second-order valence-corrected chi connectivity index (χ2v) is 8.08. The van der Waals surface area contributed by atoms with Crippen molar-refractivity contribution in [3.63, 3.8) is 0 Å². The lowest BCUT2D eigenvalue weighted by Gasteiger charge is -2.11. The molecule has 4 rings (SSSR count). The average molecular weight is 390 g/mol. The maximum absolute atomic E-state index is 6.12. The van der Waals surface area contributed by atoms with Crippen LogP contribution in [0.4, 0.5) is 0 Å². The summed E-state index contributed by atoms with van der Waals surface area (Å²) in [4.78, 5) is 0. The minimum Gasteiger partial charge on any atom is -0.274 e. The van der Waals surface area contributed by atoms with Gasteiger partial charge in [-0.15, -0.1) is 10.2 Å². The van der Waals surface area contributed by atoms with Crippen LogP contribution in [-0.4, -0.2) is 14.8 Å². The van der Waals surface area contributed by atoms with Gasteiger partial charge in [0.15, 0.2) is 5.16 Å². The second kappa shape index (κ2) is 7.02. The molecule has 0 atom stereocenters. The van der Waals surface area contributed by atoms with E-state index in [1.165, 1.54) is 18.4 Å². The molecule has 0 unspecified atom stereocenters. The molecule has 0 bridgehead atoms. The molecule has 0 saturated heterocycles. The van der Waals surface area contributed by atoms with Crippen LogP contribution in [0.1, 0.15) is 35.7 Å². The molecular weight excluding hydrogens is 373 g/mol. The summed E-state index contributed by atoms with van der Waals surface area (Å²) in [5.74, 6) is 2.38. The van der Waals surface area contributed by atoms with Crippen molar-refractivity contribution >= 4 is 35.0 Å². The third-order valence-corrected chi connectivity index (χ3v) is 5.95. The van der Waals surface area contributed by atoms with Gasteiger partial charge in [0.25, 0.3) is 0 Å². The Morgan fingerprint density at radius 1 is 1.08 bits per heavy atom. The highest BCUT2D eigenvalue weighted by molar-refractivity contribution is 7.98. The van der Waals surface area contributed by atoms with Crippen molar-refractivity contribution in [3.8, 4) is 5.69 Å².